The van der Waals surface area contributed by atoms with Crippen LogP contribution in [0.1, 0.15) is 84.5 Å². The van der Waals surface area contributed by atoms with Crippen molar-refractivity contribution in [3.63, 3.8) is 0 Å². The number of carbonyl (C=O) groups is 1. The molecule has 2 saturated carbocycles. The van der Waals surface area contributed by atoms with Crippen LogP contribution in [0.5, 0.6) is 0 Å². The third kappa shape index (κ3) is 5.27. The standard InChI is InChI=1S/C23H37NO4/c1-3-4-5-18-8-10-19(11-9-18)21-26-15-23(14-24,16-27-21)22(25)28-20-12-6-17(2)7-13-20/h17-21H,3-13,15-16H2,1-2H3/t17?,18?,19?,20?,21-,23+. The van der Waals surface area contributed by atoms with Gasteiger partial charge in [0, 0.05) is 5.92 Å². The number of nitriles is 1. The van der Waals surface area contributed by atoms with Crippen molar-refractivity contribution in [2.75, 3.05) is 13.2 Å². The number of nitrogens with zero attached hydrogens (tertiary/aromatic N) is 1. The van der Waals surface area contributed by atoms with Gasteiger partial charge in [-0.05, 0) is 63.2 Å². The highest BCUT2D eigenvalue weighted by Gasteiger charge is 2.48. The first-order chi connectivity index (χ1) is 13.6. The maximum absolute atomic E-state index is 12.7. The van der Waals surface area contributed by atoms with Gasteiger partial charge in [0.25, 0.3) is 0 Å². The second kappa shape index (κ2) is 10.1. The summed E-state index contributed by atoms with van der Waals surface area (Å²) in [4.78, 5) is 12.7. The minimum absolute atomic E-state index is 0.0648. The highest BCUT2D eigenvalue weighted by molar-refractivity contribution is 5.80. The zero-order valence-corrected chi connectivity index (χ0v) is 17.7. The van der Waals surface area contributed by atoms with Crippen LogP contribution in [0.2, 0.25) is 0 Å². The van der Waals surface area contributed by atoms with Crippen LogP contribution in [0, 0.1) is 34.5 Å². The highest BCUT2D eigenvalue weighted by atomic mass is 16.7. The maximum atomic E-state index is 12.7. The predicted molar refractivity (Wildman–Crippen MR) is 106 cm³/mol. The summed E-state index contributed by atoms with van der Waals surface area (Å²) in [6, 6.07) is 2.14. The first kappa shape index (κ1) is 21.6. The number of ether oxygens (including phenoxy) is 3. The van der Waals surface area contributed by atoms with E-state index in [1.807, 2.05) is 0 Å². The third-order valence-corrected chi connectivity index (χ3v) is 7.07. The van der Waals surface area contributed by atoms with Crippen molar-refractivity contribution in [1.29, 1.82) is 5.26 Å². The Labute approximate surface area is 170 Å². The molecule has 1 aliphatic heterocycles. The molecule has 0 unspecified atom stereocenters. The van der Waals surface area contributed by atoms with Gasteiger partial charge in [0.2, 0.25) is 5.41 Å². The van der Waals surface area contributed by atoms with E-state index in [0.717, 1.165) is 44.4 Å². The fraction of sp³-hybridized carbons (Fsp3) is 0.913. The second-order valence-electron chi connectivity index (χ2n) is 9.39. The Kier molecular flexibility index (Phi) is 7.77. The Hall–Kier alpha value is -1.12. The molecule has 1 saturated heterocycles. The van der Waals surface area contributed by atoms with E-state index in [1.165, 1.54) is 32.1 Å². The summed E-state index contributed by atoms with van der Waals surface area (Å²) in [5.74, 6) is 1.45. The van der Waals surface area contributed by atoms with Crippen molar-refractivity contribution in [3.8, 4) is 6.07 Å². The number of rotatable bonds is 6. The summed E-state index contributed by atoms with van der Waals surface area (Å²) in [7, 11) is 0. The third-order valence-electron chi connectivity index (χ3n) is 7.07. The van der Waals surface area contributed by atoms with E-state index < -0.39 is 11.4 Å². The van der Waals surface area contributed by atoms with Gasteiger partial charge in [-0.3, -0.25) is 4.79 Å². The van der Waals surface area contributed by atoms with E-state index >= 15 is 0 Å². The molecule has 0 N–H and O–H groups in total. The van der Waals surface area contributed by atoms with Crippen LogP contribution in [0.25, 0.3) is 0 Å². The molecule has 3 fully saturated rings. The molecule has 28 heavy (non-hydrogen) atoms. The van der Waals surface area contributed by atoms with Crippen LogP contribution in [0.3, 0.4) is 0 Å². The van der Waals surface area contributed by atoms with Gasteiger partial charge in [0.1, 0.15) is 6.10 Å². The Morgan fingerprint density at radius 1 is 1.07 bits per heavy atom. The van der Waals surface area contributed by atoms with E-state index in [1.54, 1.807) is 0 Å². The van der Waals surface area contributed by atoms with E-state index in [4.69, 9.17) is 14.2 Å². The lowest BCUT2D eigenvalue weighted by molar-refractivity contribution is -0.247. The topological polar surface area (TPSA) is 68.5 Å². The molecule has 0 aromatic rings. The molecule has 5 nitrogen and oxygen atoms in total. The fourth-order valence-electron chi connectivity index (χ4n) is 4.89. The summed E-state index contributed by atoms with van der Waals surface area (Å²) < 4.78 is 17.5. The fourth-order valence-corrected chi connectivity index (χ4v) is 4.89. The van der Waals surface area contributed by atoms with Gasteiger partial charge < -0.3 is 14.2 Å². The molecule has 0 radical (unpaired) electrons. The first-order valence-corrected chi connectivity index (χ1v) is 11.4. The normalized spacial score (nSPS) is 39.1. The summed E-state index contributed by atoms with van der Waals surface area (Å²) in [6.07, 6.45) is 12.2. The van der Waals surface area contributed by atoms with Crippen molar-refractivity contribution in [2.45, 2.75) is 96.9 Å². The molecule has 0 amide bonds. The summed E-state index contributed by atoms with van der Waals surface area (Å²) in [6.45, 7) is 4.66. The molecule has 0 atom stereocenters. The van der Waals surface area contributed by atoms with Gasteiger partial charge in [-0.25, -0.2) is 0 Å². The molecule has 3 aliphatic rings. The predicted octanol–water partition coefficient (Wildman–Crippen LogP) is 4.99. The average molecular weight is 392 g/mol. The van der Waals surface area contributed by atoms with Crippen molar-refractivity contribution < 1.29 is 19.0 Å². The van der Waals surface area contributed by atoms with Gasteiger partial charge in [-0.1, -0.05) is 33.1 Å². The van der Waals surface area contributed by atoms with Crippen LogP contribution < -0.4 is 0 Å². The molecule has 0 aromatic heterocycles. The summed E-state index contributed by atoms with van der Waals surface area (Å²) in [5, 5.41) is 9.69. The van der Waals surface area contributed by atoms with Gasteiger partial charge in [-0.2, -0.15) is 5.26 Å². The Balaban J connectivity index is 1.46. The zero-order chi connectivity index (χ0) is 20.0. The minimum atomic E-state index is -1.31. The second-order valence-corrected chi connectivity index (χ2v) is 9.39. The van der Waals surface area contributed by atoms with Crippen molar-refractivity contribution in [1.82, 2.24) is 0 Å². The zero-order valence-electron chi connectivity index (χ0n) is 17.7. The lowest BCUT2D eigenvalue weighted by Gasteiger charge is -2.40. The van der Waals surface area contributed by atoms with E-state index in [2.05, 4.69) is 19.9 Å². The summed E-state index contributed by atoms with van der Waals surface area (Å²) in [5.41, 5.74) is -1.31. The largest absolute Gasteiger partial charge is 0.461 e. The average Bonchev–Trinajstić information content (AvgIpc) is 2.74. The van der Waals surface area contributed by atoms with Crippen LogP contribution in [0.4, 0.5) is 0 Å². The molecular weight excluding hydrogens is 354 g/mol. The smallest absolute Gasteiger partial charge is 0.331 e. The molecule has 158 valence electrons. The monoisotopic (exact) mass is 391 g/mol. The van der Waals surface area contributed by atoms with E-state index in [9.17, 15) is 10.1 Å². The Bertz CT molecular complexity index is 533. The van der Waals surface area contributed by atoms with Gasteiger partial charge in [0.05, 0.1) is 19.3 Å². The SMILES string of the molecule is CCCCC1CCC([C@H]2OC[C@@](C#N)(C(=O)OC3CCC(C)CC3)CO2)CC1. The van der Waals surface area contributed by atoms with Crippen LogP contribution in [0.15, 0.2) is 0 Å². The maximum Gasteiger partial charge on any atom is 0.331 e. The molecular formula is C23H37NO4. The quantitative estimate of drug-likeness (QED) is 0.597. The van der Waals surface area contributed by atoms with E-state index in [0.29, 0.717) is 11.8 Å². The van der Waals surface area contributed by atoms with E-state index in [-0.39, 0.29) is 25.6 Å². The molecule has 1 heterocycles. The molecule has 0 spiro atoms. The molecule has 3 rings (SSSR count). The Morgan fingerprint density at radius 2 is 1.71 bits per heavy atom. The number of hydrogen-bond donors (Lipinski definition) is 0. The van der Waals surface area contributed by atoms with Gasteiger partial charge in [-0.15, -0.1) is 0 Å². The number of hydrogen-bond acceptors (Lipinski definition) is 5. The van der Waals surface area contributed by atoms with Gasteiger partial charge >= 0.3 is 5.97 Å². The first-order valence-electron chi connectivity index (χ1n) is 11.4. The van der Waals surface area contributed by atoms with Crippen LogP contribution in [-0.4, -0.2) is 31.6 Å². The molecule has 5 heteroatoms. The molecule has 0 aromatic carbocycles. The van der Waals surface area contributed by atoms with Gasteiger partial charge in [0.15, 0.2) is 6.29 Å². The Morgan fingerprint density at radius 3 is 2.29 bits per heavy atom. The molecule has 2 aliphatic carbocycles. The van der Waals surface area contributed by atoms with Crippen LogP contribution >= 0.6 is 0 Å². The number of carbonyl (C=O) groups excluding carboxylic acids is 1. The van der Waals surface area contributed by atoms with Crippen molar-refractivity contribution in [2.24, 2.45) is 23.2 Å². The summed E-state index contributed by atoms with van der Waals surface area (Å²) >= 11 is 0. The van der Waals surface area contributed by atoms with Crippen molar-refractivity contribution in [3.05, 3.63) is 0 Å². The van der Waals surface area contributed by atoms with Crippen LogP contribution in [-0.2, 0) is 19.0 Å². The highest BCUT2D eigenvalue weighted by Crippen LogP contribution is 2.38. The molecule has 0 bridgehead atoms. The van der Waals surface area contributed by atoms with Crippen molar-refractivity contribution >= 4 is 5.97 Å². The lowest BCUT2D eigenvalue weighted by atomic mass is 9.79. The number of esters is 1. The minimum Gasteiger partial charge on any atom is -0.461 e. The number of unbranched alkanes of at least 4 members (excludes halogenated alkanes) is 1. The lowest BCUT2D eigenvalue weighted by Crippen LogP contribution is -2.50.